The fraction of sp³-hybridized carbons (Fsp3) is 0. The lowest BCUT2D eigenvalue weighted by molar-refractivity contribution is 0.943. The highest BCUT2D eigenvalue weighted by Gasteiger charge is 2.11. The van der Waals surface area contributed by atoms with E-state index in [-0.39, 0.29) is 0 Å². The summed E-state index contributed by atoms with van der Waals surface area (Å²) in [5.41, 5.74) is 5.80. The van der Waals surface area contributed by atoms with Crippen LogP contribution in [-0.2, 0) is 0 Å². The predicted octanol–water partition coefficient (Wildman–Crippen LogP) is 6.03. The van der Waals surface area contributed by atoms with Gasteiger partial charge in [-0.25, -0.2) is 0 Å². The zero-order chi connectivity index (χ0) is 17.6. The smallest absolute Gasteiger partial charge is 0.190 e. The van der Waals surface area contributed by atoms with Gasteiger partial charge in [-0.05, 0) is 54.7 Å². The molecule has 25 heavy (non-hydrogen) atoms. The molecule has 0 bridgehead atoms. The van der Waals surface area contributed by atoms with Crippen LogP contribution in [-0.4, -0.2) is 5.11 Å². The molecule has 3 nitrogen and oxygen atoms in total. The number of halogens is 2. The van der Waals surface area contributed by atoms with Crippen molar-refractivity contribution in [2.24, 2.45) is 0 Å². The van der Waals surface area contributed by atoms with Crippen LogP contribution in [0.2, 0.25) is 10.0 Å². The number of para-hydroxylation sites is 2. The predicted molar refractivity (Wildman–Crippen MR) is 111 cm³/mol. The van der Waals surface area contributed by atoms with E-state index < -0.39 is 0 Å². The Balaban J connectivity index is 1.82. The van der Waals surface area contributed by atoms with Gasteiger partial charge in [-0.15, -0.1) is 0 Å². The molecule has 3 rings (SSSR count). The number of nitrogens with one attached hydrogen (secondary N) is 2. The van der Waals surface area contributed by atoms with Crippen LogP contribution in [0.25, 0.3) is 0 Å². The van der Waals surface area contributed by atoms with Gasteiger partial charge in [0.1, 0.15) is 0 Å². The van der Waals surface area contributed by atoms with E-state index >= 15 is 0 Å². The van der Waals surface area contributed by atoms with Crippen LogP contribution in [0.15, 0.2) is 78.9 Å². The Morgan fingerprint density at radius 3 is 1.88 bits per heavy atom. The van der Waals surface area contributed by atoms with Crippen molar-refractivity contribution >= 4 is 57.6 Å². The van der Waals surface area contributed by atoms with Crippen molar-refractivity contribution in [3.63, 3.8) is 0 Å². The quantitative estimate of drug-likeness (QED) is 0.421. The average Bonchev–Trinajstić information content (AvgIpc) is 2.63. The van der Waals surface area contributed by atoms with Crippen LogP contribution >= 0.6 is 35.4 Å². The maximum absolute atomic E-state index is 6.20. The van der Waals surface area contributed by atoms with Gasteiger partial charge in [0.25, 0.3) is 0 Å². The van der Waals surface area contributed by atoms with Crippen molar-refractivity contribution < 1.29 is 0 Å². The Labute approximate surface area is 162 Å². The number of thiocarbonyl (C=S) groups is 1. The minimum Gasteiger partial charge on any atom is -0.330 e. The summed E-state index contributed by atoms with van der Waals surface area (Å²) in [7, 11) is 0. The number of hydrazine groups is 1. The molecular formula is C19H15Cl2N3S. The molecule has 3 aromatic carbocycles. The van der Waals surface area contributed by atoms with Crippen LogP contribution in [0.5, 0.6) is 0 Å². The molecule has 0 unspecified atom stereocenters. The summed E-state index contributed by atoms with van der Waals surface area (Å²) in [5.74, 6) is 0. The van der Waals surface area contributed by atoms with E-state index in [1.807, 2.05) is 65.7 Å². The number of rotatable bonds is 4. The molecule has 0 saturated carbocycles. The third-order valence-corrected chi connectivity index (χ3v) is 4.16. The van der Waals surface area contributed by atoms with Crippen LogP contribution in [0, 0.1) is 0 Å². The number of benzene rings is 3. The molecule has 0 amide bonds. The van der Waals surface area contributed by atoms with Crippen LogP contribution in [0.1, 0.15) is 0 Å². The van der Waals surface area contributed by atoms with Crippen molar-refractivity contribution in [1.29, 1.82) is 0 Å². The zero-order valence-corrected chi connectivity index (χ0v) is 15.4. The lowest BCUT2D eigenvalue weighted by atomic mass is 10.2. The summed E-state index contributed by atoms with van der Waals surface area (Å²) in [6.07, 6.45) is 0. The maximum Gasteiger partial charge on any atom is 0.190 e. The van der Waals surface area contributed by atoms with Crippen LogP contribution < -0.4 is 15.8 Å². The van der Waals surface area contributed by atoms with Crippen molar-refractivity contribution in [2.45, 2.75) is 0 Å². The highest BCUT2D eigenvalue weighted by Crippen LogP contribution is 2.26. The lowest BCUT2D eigenvalue weighted by Gasteiger charge is -2.27. The Kier molecular flexibility index (Phi) is 5.76. The van der Waals surface area contributed by atoms with E-state index in [1.165, 1.54) is 0 Å². The monoisotopic (exact) mass is 387 g/mol. The summed E-state index contributed by atoms with van der Waals surface area (Å²) in [6, 6.07) is 25.0. The molecule has 0 saturated heterocycles. The topological polar surface area (TPSA) is 27.3 Å². The van der Waals surface area contributed by atoms with Gasteiger partial charge in [0, 0.05) is 5.02 Å². The molecular weight excluding hydrogens is 373 g/mol. The standard InChI is InChI=1S/C19H15Cl2N3S/c20-14-11-12-18(17(21)13-14)22-19(25)23-24(15-7-3-1-4-8-15)16-9-5-2-6-10-16/h1-13H,(H2,22,23,25). The van der Waals surface area contributed by atoms with Crippen molar-refractivity contribution in [3.05, 3.63) is 88.9 Å². The van der Waals surface area contributed by atoms with E-state index in [1.54, 1.807) is 18.2 Å². The summed E-state index contributed by atoms with van der Waals surface area (Å²) >= 11 is 17.6. The Morgan fingerprint density at radius 1 is 0.800 bits per heavy atom. The first-order chi connectivity index (χ1) is 12.1. The Bertz CT molecular complexity index is 818. The molecule has 0 radical (unpaired) electrons. The zero-order valence-electron chi connectivity index (χ0n) is 13.1. The number of hydrogen-bond donors (Lipinski definition) is 2. The van der Waals surface area contributed by atoms with Gasteiger partial charge in [-0.2, -0.15) is 0 Å². The van der Waals surface area contributed by atoms with Gasteiger partial charge in [-0.1, -0.05) is 59.6 Å². The minimum atomic E-state index is 0.414. The van der Waals surface area contributed by atoms with Gasteiger partial charge < -0.3 is 5.32 Å². The second-order valence-electron chi connectivity index (χ2n) is 5.20. The third kappa shape index (κ3) is 4.63. The van der Waals surface area contributed by atoms with E-state index in [4.69, 9.17) is 35.4 Å². The van der Waals surface area contributed by atoms with E-state index in [0.29, 0.717) is 20.8 Å². The van der Waals surface area contributed by atoms with Crippen molar-refractivity contribution in [3.8, 4) is 0 Å². The molecule has 6 heteroatoms. The second kappa shape index (κ2) is 8.21. The fourth-order valence-corrected chi connectivity index (χ4v) is 2.93. The number of anilines is 3. The van der Waals surface area contributed by atoms with Gasteiger partial charge in [-0.3, -0.25) is 10.4 Å². The molecule has 0 heterocycles. The SMILES string of the molecule is S=C(Nc1ccc(Cl)cc1Cl)NN(c1ccccc1)c1ccccc1. The molecule has 0 spiro atoms. The molecule has 0 fully saturated rings. The van der Waals surface area contributed by atoms with E-state index in [0.717, 1.165) is 11.4 Å². The summed E-state index contributed by atoms with van der Waals surface area (Å²) in [4.78, 5) is 0. The number of hydrogen-bond acceptors (Lipinski definition) is 2. The van der Waals surface area contributed by atoms with Gasteiger partial charge in [0.15, 0.2) is 5.11 Å². The first-order valence-electron chi connectivity index (χ1n) is 7.56. The Hall–Kier alpha value is -2.27. The van der Waals surface area contributed by atoms with Gasteiger partial charge >= 0.3 is 0 Å². The molecule has 0 aliphatic heterocycles. The van der Waals surface area contributed by atoms with E-state index in [9.17, 15) is 0 Å². The van der Waals surface area contributed by atoms with Crippen LogP contribution in [0.3, 0.4) is 0 Å². The Morgan fingerprint density at radius 2 is 1.36 bits per heavy atom. The molecule has 2 N–H and O–H groups in total. The summed E-state index contributed by atoms with van der Waals surface area (Å²) in [5, 5.41) is 6.49. The van der Waals surface area contributed by atoms with Gasteiger partial charge in [0.05, 0.1) is 22.1 Å². The molecule has 3 aromatic rings. The number of nitrogens with zero attached hydrogens (tertiary/aromatic N) is 1. The molecule has 0 aromatic heterocycles. The van der Waals surface area contributed by atoms with Crippen molar-refractivity contribution in [2.75, 3.05) is 10.3 Å². The first-order valence-corrected chi connectivity index (χ1v) is 8.73. The largest absolute Gasteiger partial charge is 0.330 e. The molecule has 0 aliphatic carbocycles. The molecule has 0 atom stereocenters. The molecule has 126 valence electrons. The average molecular weight is 388 g/mol. The molecule has 0 aliphatic rings. The minimum absolute atomic E-state index is 0.414. The maximum atomic E-state index is 6.20. The lowest BCUT2D eigenvalue weighted by Crippen LogP contribution is -2.41. The highest BCUT2D eigenvalue weighted by atomic mass is 35.5. The summed E-state index contributed by atoms with van der Waals surface area (Å²) < 4.78 is 0. The van der Waals surface area contributed by atoms with E-state index in [2.05, 4.69) is 10.7 Å². The highest BCUT2D eigenvalue weighted by molar-refractivity contribution is 7.80. The third-order valence-electron chi connectivity index (χ3n) is 3.42. The fourth-order valence-electron chi connectivity index (χ4n) is 2.27. The first kappa shape index (κ1) is 17.5. The normalized spacial score (nSPS) is 10.2. The van der Waals surface area contributed by atoms with Gasteiger partial charge in [0.2, 0.25) is 0 Å². The summed E-state index contributed by atoms with van der Waals surface area (Å²) in [6.45, 7) is 0. The second-order valence-corrected chi connectivity index (χ2v) is 6.45. The van der Waals surface area contributed by atoms with Crippen LogP contribution in [0.4, 0.5) is 17.1 Å². The van der Waals surface area contributed by atoms with Crippen molar-refractivity contribution in [1.82, 2.24) is 5.43 Å².